The SMILES string of the molecule is COC(=O)CCN(C)C(=O)c1ccnc(Cl)c1[N+](=O)[O-]. The molecular weight excluding hydrogens is 290 g/mol. The number of rotatable bonds is 5. The second-order valence-corrected chi connectivity index (χ2v) is 4.17. The van der Waals surface area contributed by atoms with Crippen molar-refractivity contribution in [2.75, 3.05) is 20.7 Å². The summed E-state index contributed by atoms with van der Waals surface area (Å²) < 4.78 is 4.45. The summed E-state index contributed by atoms with van der Waals surface area (Å²) in [6, 6.07) is 1.21. The summed E-state index contributed by atoms with van der Waals surface area (Å²) in [6.07, 6.45) is 1.20. The number of esters is 1. The molecule has 0 aliphatic heterocycles. The standard InChI is InChI=1S/C11H12ClN3O5/c1-14(6-4-8(16)20-2)11(17)7-3-5-13-10(12)9(7)15(18)19/h3,5H,4,6H2,1-2H3. The zero-order valence-corrected chi connectivity index (χ0v) is 11.6. The van der Waals surface area contributed by atoms with Crippen molar-refractivity contribution in [1.82, 2.24) is 9.88 Å². The largest absolute Gasteiger partial charge is 0.469 e. The summed E-state index contributed by atoms with van der Waals surface area (Å²) in [6.45, 7) is 0.0720. The van der Waals surface area contributed by atoms with Gasteiger partial charge in [-0.15, -0.1) is 0 Å². The summed E-state index contributed by atoms with van der Waals surface area (Å²) in [5.41, 5.74) is -0.730. The molecule has 108 valence electrons. The van der Waals surface area contributed by atoms with Gasteiger partial charge in [-0.05, 0) is 6.07 Å². The van der Waals surface area contributed by atoms with Crippen molar-refractivity contribution in [1.29, 1.82) is 0 Å². The second-order valence-electron chi connectivity index (χ2n) is 3.81. The number of ether oxygens (including phenoxy) is 1. The zero-order valence-electron chi connectivity index (χ0n) is 10.8. The Bertz CT molecular complexity index is 549. The number of carbonyl (C=O) groups excluding carboxylic acids is 2. The molecule has 1 aromatic rings. The predicted octanol–water partition coefficient (Wildman–Crippen LogP) is 1.28. The van der Waals surface area contributed by atoms with Gasteiger partial charge in [-0.2, -0.15) is 0 Å². The maximum absolute atomic E-state index is 12.1. The Morgan fingerprint density at radius 2 is 2.20 bits per heavy atom. The van der Waals surface area contributed by atoms with E-state index in [4.69, 9.17) is 11.6 Å². The molecule has 20 heavy (non-hydrogen) atoms. The lowest BCUT2D eigenvalue weighted by Gasteiger charge is -2.16. The number of aromatic nitrogens is 1. The fourth-order valence-electron chi connectivity index (χ4n) is 1.44. The predicted molar refractivity (Wildman–Crippen MR) is 69.5 cm³/mol. The molecule has 0 radical (unpaired) electrons. The van der Waals surface area contributed by atoms with Crippen molar-refractivity contribution in [2.24, 2.45) is 0 Å². The average Bonchev–Trinajstić information content (AvgIpc) is 2.42. The molecule has 0 atom stereocenters. The van der Waals surface area contributed by atoms with Crippen molar-refractivity contribution in [2.45, 2.75) is 6.42 Å². The van der Waals surface area contributed by atoms with Crippen LogP contribution in [0.5, 0.6) is 0 Å². The van der Waals surface area contributed by atoms with Crippen LogP contribution in [-0.2, 0) is 9.53 Å². The van der Waals surface area contributed by atoms with Gasteiger partial charge >= 0.3 is 11.7 Å². The van der Waals surface area contributed by atoms with E-state index in [1.165, 1.54) is 31.3 Å². The number of nitro groups is 1. The van der Waals surface area contributed by atoms with Crippen LogP contribution in [0, 0.1) is 10.1 Å². The lowest BCUT2D eigenvalue weighted by atomic mass is 10.2. The summed E-state index contributed by atoms with van der Waals surface area (Å²) >= 11 is 5.63. The molecule has 1 amide bonds. The molecule has 0 aliphatic rings. The first-order valence-corrected chi connectivity index (χ1v) is 5.87. The van der Waals surface area contributed by atoms with E-state index in [-0.39, 0.29) is 23.7 Å². The highest BCUT2D eigenvalue weighted by Crippen LogP contribution is 2.26. The van der Waals surface area contributed by atoms with Crippen molar-refractivity contribution < 1.29 is 19.2 Å². The van der Waals surface area contributed by atoms with Crippen LogP contribution in [0.25, 0.3) is 0 Å². The Kier molecular flexibility index (Phi) is 5.39. The molecule has 9 heteroatoms. The number of hydrogen-bond acceptors (Lipinski definition) is 6. The molecule has 0 N–H and O–H groups in total. The van der Waals surface area contributed by atoms with Crippen molar-refractivity contribution in [3.8, 4) is 0 Å². The molecule has 0 aromatic carbocycles. The van der Waals surface area contributed by atoms with Crippen LogP contribution in [0.2, 0.25) is 5.15 Å². The molecule has 1 heterocycles. The van der Waals surface area contributed by atoms with Gasteiger partial charge in [0, 0.05) is 19.8 Å². The van der Waals surface area contributed by atoms with Crippen molar-refractivity contribution >= 4 is 29.2 Å². The topological polar surface area (TPSA) is 103 Å². The highest BCUT2D eigenvalue weighted by Gasteiger charge is 2.26. The Morgan fingerprint density at radius 1 is 1.55 bits per heavy atom. The fourth-order valence-corrected chi connectivity index (χ4v) is 1.67. The first kappa shape index (κ1) is 15.8. The molecule has 8 nitrogen and oxygen atoms in total. The first-order valence-electron chi connectivity index (χ1n) is 5.49. The van der Waals surface area contributed by atoms with E-state index in [0.717, 1.165) is 0 Å². The van der Waals surface area contributed by atoms with Gasteiger partial charge in [-0.25, -0.2) is 4.98 Å². The molecule has 0 bridgehead atoms. The summed E-state index contributed by atoms with van der Waals surface area (Å²) in [5.74, 6) is -1.10. The first-order chi connectivity index (χ1) is 9.38. The average molecular weight is 302 g/mol. The van der Waals surface area contributed by atoms with Crippen LogP contribution in [0.15, 0.2) is 12.3 Å². The van der Waals surface area contributed by atoms with E-state index in [0.29, 0.717) is 0 Å². The monoisotopic (exact) mass is 301 g/mol. The third-order valence-corrected chi connectivity index (χ3v) is 2.79. The maximum Gasteiger partial charge on any atom is 0.319 e. The second kappa shape index (κ2) is 6.80. The number of nitrogens with zero attached hydrogens (tertiary/aromatic N) is 3. The number of halogens is 1. The van der Waals surface area contributed by atoms with Gasteiger partial charge in [-0.1, -0.05) is 11.6 Å². The molecule has 1 aromatic heterocycles. The van der Waals surface area contributed by atoms with E-state index in [1.54, 1.807) is 0 Å². The van der Waals surface area contributed by atoms with Gasteiger partial charge in [0.2, 0.25) is 5.15 Å². The Balaban J connectivity index is 2.95. The van der Waals surface area contributed by atoms with Gasteiger partial charge in [0.25, 0.3) is 5.91 Å². The molecule has 1 rings (SSSR count). The third kappa shape index (κ3) is 3.64. The molecule has 0 aliphatic carbocycles. The Hall–Kier alpha value is -2.22. The minimum atomic E-state index is -0.767. The molecule has 0 fully saturated rings. The maximum atomic E-state index is 12.1. The fraction of sp³-hybridized carbons (Fsp3) is 0.364. The van der Waals surface area contributed by atoms with Crippen molar-refractivity contribution in [3.63, 3.8) is 0 Å². The number of amides is 1. The molecule has 0 saturated heterocycles. The van der Waals surface area contributed by atoms with Crippen molar-refractivity contribution in [3.05, 3.63) is 33.1 Å². The van der Waals surface area contributed by atoms with E-state index in [9.17, 15) is 19.7 Å². The van der Waals surface area contributed by atoms with Gasteiger partial charge in [0.1, 0.15) is 5.56 Å². The van der Waals surface area contributed by atoms with Gasteiger partial charge in [0.15, 0.2) is 0 Å². The van der Waals surface area contributed by atoms with E-state index < -0.39 is 22.5 Å². The Labute approximate surface area is 119 Å². The van der Waals surface area contributed by atoms with Crippen LogP contribution in [0.3, 0.4) is 0 Å². The zero-order chi connectivity index (χ0) is 15.3. The van der Waals surface area contributed by atoms with Crippen LogP contribution >= 0.6 is 11.6 Å². The Morgan fingerprint density at radius 3 is 2.75 bits per heavy atom. The molecule has 0 spiro atoms. The molecular formula is C11H12ClN3O5. The van der Waals surface area contributed by atoms with Gasteiger partial charge in [0.05, 0.1) is 18.5 Å². The van der Waals surface area contributed by atoms with Gasteiger partial charge < -0.3 is 9.64 Å². The third-order valence-electron chi connectivity index (χ3n) is 2.52. The normalized spacial score (nSPS) is 9.95. The summed E-state index contributed by atoms with van der Waals surface area (Å²) in [4.78, 5) is 38.0. The van der Waals surface area contributed by atoms with E-state index in [1.807, 2.05) is 0 Å². The van der Waals surface area contributed by atoms with Gasteiger partial charge in [-0.3, -0.25) is 19.7 Å². The van der Waals surface area contributed by atoms with Crippen LogP contribution in [0.1, 0.15) is 16.8 Å². The minimum Gasteiger partial charge on any atom is -0.469 e. The lowest BCUT2D eigenvalue weighted by Crippen LogP contribution is -2.30. The van der Waals surface area contributed by atoms with Crippen LogP contribution in [-0.4, -0.2) is 47.4 Å². The summed E-state index contributed by atoms with van der Waals surface area (Å²) in [5, 5.41) is 10.6. The highest BCUT2D eigenvalue weighted by atomic mass is 35.5. The van der Waals surface area contributed by atoms with Crippen LogP contribution < -0.4 is 0 Å². The quantitative estimate of drug-likeness (QED) is 0.351. The smallest absolute Gasteiger partial charge is 0.319 e. The number of methoxy groups -OCH3 is 1. The molecule has 0 saturated carbocycles. The highest BCUT2D eigenvalue weighted by molar-refractivity contribution is 6.32. The number of hydrogen-bond donors (Lipinski definition) is 0. The number of pyridine rings is 1. The van der Waals surface area contributed by atoms with Crippen LogP contribution in [0.4, 0.5) is 5.69 Å². The minimum absolute atomic E-state index is 0.00858. The number of carbonyl (C=O) groups is 2. The lowest BCUT2D eigenvalue weighted by molar-refractivity contribution is -0.385. The summed E-state index contributed by atoms with van der Waals surface area (Å²) in [7, 11) is 2.65. The van der Waals surface area contributed by atoms with E-state index >= 15 is 0 Å². The van der Waals surface area contributed by atoms with E-state index in [2.05, 4.69) is 9.72 Å². The molecule has 0 unspecified atom stereocenters.